The third-order valence-corrected chi connectivity index (χ3v) is 6.48. The summed E-state index contributed by atoms with van der Waals surface area (Å²) in [5.74, 6) is 0.0224. The first-order valence-electron chi connectivity index (χ1n) is 11.0. The van der Waals surface area contributed by atoms with Crippen LogP contribution in [0.4, 0.5) is 0 Å². The number of carbonyl (C=O) groups is 1. The molecule has 6 nitrogen and oxygen atoms in total. The van der Waals surface area contributed by atoms with Gasteiger partial charge in [0.05, 0.1) is 31.3 Å². The number of imidazole rings is 1. The Balaban J connectivity index is 1.41. The molecule has 5 rings (SSSR count). The molecule has 0 radical (unpaired) electrons. The molecule has 1 N–H and O–H groups in total. The minimum Gasteiger partial charge on any atom is -0.373 e. The number of benzene rings is 2. The first kappa shape index (κ1) is 20.0. The average Bonchev–Trinajstić information content (AvgIpc) is 3.33. The lowest BCUT2D eigenvalue weighted by atomic mass is 9.95. The minimum atomic E-state index is -0.0250. The van der Waals surface area contributed by atoms with Gasteiger partial charge >= 0.3 is 0 Å². The van der Waals surface area contributed by atoms with Crippen molar-refractivity contribution in [2.75, 3.05) is 26.2 Å². The van der Waals surface area contributed by atoms with Crippen LogP contribution in [0, 0.1) is 0 Å². The Hall–Kier alpha value is -2.96. The summed E-state index contributed by atoms with van der Waals surface area (Å²) in [7, 11) is 0. The fourth-order valence-corrected chi connectivity index (χ4v) is 4.79. The molecule has 2 aromatic carbocycles. The molecular weight excluding hydrogens is 388 g/mol. The number of ether oxygens (including phenoxy) is 1. The normalized spacial score (nSPS) is 22.0. The van der Waals surface area contributed by atoms with Gasteiger partial charge in [-0.3, -0.25) is 4.79 Å². The molecule has 2 fully saturated rings. The number of nitrogens with one attached hydrogen (secondary N) is 1. The van der Waals surface area contributed by atoms with E-state index in [2.05, 4.69) is 65.8 Å². The van der Waals surface area contributed by atoms with Crippen molar-refractivity contribution in [2.24, 2.45) is 0 Å². The lowest BCUT2D eigenvalue weighted by Gasteiger charge is -2.41. The Morgan fingerprint density at radius 3 is 2.84 bits per heavy atom. The van der Waals surface area contributed by atoms with Crippen molar-refractivity contribution in [3.63, 3.8) is 0 Å². The van der Waals surface area contributed by atoms with Gasteiger partial charge in [0.1, 0.15) is 5.69 Å². The van der Waals surface area contributed by atoms with Gasteiger partial charge in [-0.25, -0.2) is 4.98 Å². The van der Waals surface area contributed by atoms with E-state index in [0.717, 1.165) is 19.5 Å². The van der Waals surface area contributed by atoms with Crippen LogP contribution in [-0.4, -0.2) is 58.7 Å². The van der Waals surface area contributed by atoms with Crippen molar-refractivity contribution in [3.8, 4) is 11.1 Å². The third-order valence-electron chi connectivity index (χ3n) is 6.48. The van der Waals surface area contributed by atoms with Crippen molar-refractivity contribution < 1.29 is 9.53 Å². The van der Waals surface area contributed by atoms with Gasteiger partial charge in [0, 0.05) is 25.7 Å². The number of morpholine rings is 1. The van der Waals surface area contributed by atoms with Gasteiger partial charge in [-0.1, -0.05) is 54.6 Å². The fourth-order valence-electron chi connectivity index (χ4n) is 4.79. The highest BCUT2D eigenvalue weighted by Gasteiger charge is 2.35. The van der Waals surface area contributed by atoms with Gasteiger partial charge in [-0.2, -0.15) is 0 Å². The number of nitrogens with zero attached hydrogens (tertiary/aromatic N) is 3. The number of aromatic nitrogens is 2. The van der Waals surface area contributed by atoms with Gasteiger partial charge in [-0.05, 0) is 30.0 Å². The number of fused-ring (bicyclic) bond motifs is 1. The van der Waals surface area contributed by atoms with Crippen molar-refractivity contribution in [2.45, 2.75) is 31.5 Å². The van der Waals surface area contributed by atoms with Gasteiger partial charge in [0.25, 0.3) is 5.91 Å². The zero-order chi connectivity index (χ0) is 21.2. The number of amides is 1. The number of likely N-dealkylation sites (tertiary alicyclic amines) is 1. The SMILES string of the molecule is C[C@@H](c1ccccc1-c1ccccc1)n1cncc1C(=O)N1CC[C@H]2NCCO[C@@H]2C1. The maximum absolute atomic E-state index is 13.4. The molecule has 1 amide bonds. The second kappa shape index (κ2) is 8.65. The highest BCUT2D eigenvalue weighted by molar-refractivity contribution is 5.92. The summed E-state index contributed by atoms with van der Waals surface area (Å²) >= 11 is 0. The van der Waals surface area contributed by atoms with E-state index in [1.54, 1.807) is 12.5 Å². The molecule has 2 saturated heterocycles. The first-order chi connectivity index (χ1) is 15.2. The van der Waals surface area contributed by atoms with Gasteiger partial charge in [0.2, 0.25) is 0 Å². The summed E-state index contributed by atoms with van der Waals surface area (Å²) in [4.78, 5) is 19.7. The highest BCUT2D eigenvalue weighted by atomic mass is 16.5. The Morgan fingerprint density at radius 2 is 1.97 bits per heavy atom. The molecule has 2 aliphatic heterocycles. The van der Waals surface area contributed by atoms with E-state index in [1.807, 2.05) is 15.5 Å². The van der Waals surface area contributed by atoms with Crippen LogP contribution >= 0.6 is 0 Å². The predicted molar refractivity (Wildman–Crippen MR) is 120 cm³/mol. The van der Waals surface area contributed by atoms with Gasteiger partial charge in [0.15, 0.2) is 0 Å². The highest BCUT2D eigenvalue weighted by Crippen LogP contribution is 2.31. The Bertz CT molecular complexity index is 1050. The van der Waals surface area contributed by atoms with E-state index >= 15 is 0 Å². The number of rotatable bonds is 4. The van der Waals surface area contributed by atoms with Crippen LogP contribution in [0.2, 0.25) is 0 Å². The van der Waals surface area contributed by atoms with Crippen molar-refractivity contribution in [1.29, 1.82) is 0 Å². The summed E-state index contributed by atoms with van der Waals surface area (Å²) in [6, 6.07) is 19.1. The summed E-state index contributed by atoms with van der Waals surface area (Å²) < 4.78 is 7.91. The summed E-state index contributed by atoms with van der Waals surface area (Å²) in [5.41, 5.74) is 4.13. The van der Waals surface area contributed by atoms with E-state index < -0.39 is 0 Å². The van der Waals surface area contributed by atoms with E-state index in [4.69, 9.17) is 4.74 Å². The molecule has 6 heteroatoms. The molecule has 160 valence electrons. The van der Waals surface area contributed by atoms with Crippen LogP contribution < -0.4 is 5.32 Å². The molecule has 0 aliphatic carbocycles. The van der Waals surface area contributed by atoms with E-state index in [1.165, 1.54) is 16.7 Å². The maximum atomic E-state index is 13.4. The van der Waals surface area contributed by atoms with Crippen LogP contribution in [0.3, 0.4) is 0 Å². The van der Waals surface area contributed by atoms with Gasteiger partial charge < -0.3 is 19.5 Å². The van der Waals surface area contributed by atoms with E-state index in [9.17, 15) is 4.79 Å². The van der Waals surface area contributed by atoms with Crippen LogP contribution in [0.5, 0.6) is 0 Å². The van der Waals surface area contributed by atoms with Crippen molar-refractivity contribution >= 4 is 5.91 Å². The number of carbonyl (C=O) groups excluding carboxylic acids is 1. The monoisotopic (exact) mass is 416 g/mol. The first-order valence-corrected chi connectivity index (χ1v) is 11.0. The molecule has 2 aliphatic rings. The number of hydrogen-bond acceptors (Lipinski definition) is 4. The summed E-state index contributed by atoms with van der Waals surface area (Å²) in [6.45, 7) is 5.07. The quantitative estimate of drug-likeness (QED) is 0.709. The maximum Gasteiger partial charge on any atom is 0.272 e. The lowest BCUT2D eigenvalue weighted by Crippen LogP contribution is -2.58. The zero-order valence-electron chi connectivity index (χ0n) is 17.8. The van der Waals surface area contributed by atoms with Crippen LogP contribution in [-0.2, 0) is 4.74 Å². The predicted octanol–water partition coefficient (Wildman–Crippen LogP) is 3.36. The van der Waals surface area contributed by atoms with Crippen LogP contribution in [0.25, 0.3) is 11.1 Å². The zero-order valence-corrected chi connectivity index (χ0v) is 17.8. The molecule has 3 aromatic rings. The molecule has 3 atom stereocenters. The second-order valence-corrected chi connectivity index (χ2v) is 8.33. The van der Waals surface area contributed by atoms with Crippen LogP contribution in [0.1, 0.15) is 35.4 Å². The minimum absolute atomic E-state index is 0.0224. The standard InChI is InChI=1S/C25H28N4O2/c1-18(20-9-5-6-10-21(20)19-7-3-2-4-8-19)29-17-26-15-23(29)25(30)28-13-11-22-24(16-28)31-14-12-27-22/h2-10,15,17-18,22,24,27H,11-14,16H2,1H3/t18-,22+,24+/m0/s1. The largest absolute Gasteiger partial charge is 0.373 e. The summed E-state index contributed by atoms with van der Waals surface area (Å²) in [5, 5.41) is 3.51. The summed E-state index contributed by atoms with van der Waals surface area (Å²) in [6.07, 6.45) is 4.44. The Kier molecular flexibility index (Phi) is 5.57. The molecule has 31 heavy (non-hydrogen) atoms. The van der Waals surface area contributed by atoms with Gasteiger partial charge in [-0.15, -0.1) is 0 Å². The molecule has 3 heterocycles. The fraction of sp³-hybridized carbons (Fsp3) is 0.360. The van der Waals surface area contributed by atoms with Crippen LogP contribution in [0.15, 0.2) is 67.1 Å². The second-order valence-electron chi connectivity index (χ2n) is 8.33. The number of hydrogen-bond donors (Lipinski definition) is 1. The molecule has 1 aromatic heterocycles. The average molecular weight is 417 g/mol. The molecule has 0 saturated carbocycles. The topological polar surface area (TPSA) is 59.4 Å². The van der Waals surface area contributed by atoms with Crippen molar-refractivity contribution in [1.82, 2.24) is 19.8 Å². The van der Waals surface area contributed by atoms with E-state index in [0.29, 0.717) is 24.9 Å². The van der Waals surface area contributed by atoms with Crippen molar-refractivity contribution in [3.05, 3.63) is 78.4 Å². The molecular formula is C25H28N4O2. The Labute approximate surface area is 182 Å². The lowest BCUT2D eigenvalue weighted by molar-refractivity contribution is -0.0417. The molecule has 0 spiro atoms. The Morgan fingerprint density at radius 1 is 1.16 bits per heavy atom. The van der Waals surface area contributed by atoms with E-state index in [-0.39, 0.29) is 18.1 Å². The third kappa shape index (κ3) is 3.89. The molecule has 0 bridgehead atoms. The molecule has 0 unspecified atom stereocenters. The smallest absolute Gasteiger partial charge is 0.272 e. The number of piperidine rings is 1.